The van der Waals surface area contributed by atoms with Gasteiger partial charge >= 0.3 is 6.18 Å². The SMILES string of the molecule is CNc1cc(C2CC2C(=O)NC(C)c2ccc(OCC(F)(F)F)s2)ccc1C=N. The van der Waals surface area contributed by atoms with Gasteiger partial charge in [-0.05, 0) is 43.0 Å². The summed E-state index contributed by atoms with van der Waals surface area (Å²) in [5, 5.41) is 13.6. The fourth-order valence-corrected chi connectivity index (χ4v) is 4.05. The van der Waals surface area contributed by atoms with Gasteiger partial charge < -0.3 is 20.8 Å². The molecule has 0 bridgehead atoms. The first-order valence-electron chi connectivity index (χ1n) is 9.13. The van der Waals surface area contributed by atoms with Crippen molar-refractivity contribution in [2.24, 2.45) is 5.92 Å². The molecule has 1 fully saturated rings. The standard InChI is InChI=1S/C20H22F3N3O2S/c1-11(17-5-6-18(29-17)28-10-20(21,22)23)26-19(27)15-8-14(15)12-3-4-13(9-24)16(7-12)25-2/h3-7,9,11,14-15,24-25H,8,10H2,1-2H3,(H,26,27). The number of anilines is 1. The maximum atomic E-state index is 12.6. The number of carbonyl (C=O) groups excluding carboxylic acids is 1. The lowest BCUT2D eigenvalue weighted by atomic mass is 10.0. The number of hydrogen-bond acceptors (Lipinski definition) is 5. The summed E-state index contributed by atoms with van der Waals surface area (Å²) in [5.74, 6) is -0.0761. The van der Waals surface area contributed by atoms with E-state index in [0.29, 0.717) is 0 Å². The van der Waals surface area contributed by atoms with Crippen LogP contribution in [0.4, 0.5) is 18.9 Å². The molecule has 3 unspecified atom stereocenters. The van der Waals surface area contributed by atoms with E-state index in [1.54, 1.807) is 20.0 Å². The third-order valence-electron chi connectivity index (χ3n) is 4.82. The van der Waals surface area contributed by atoms with Gasteiger partial charge in [0.05, 0.1) is 6.04 Å². The predicted molar refractivity (Wildman–Crippen MR) is 107 cm³/mol. The van der Waals surface area contributed by atoms with Crippen LogP contribution in [0.3, 0.4) is 0 Å². The van der Waals surface area contributed by atoms with Crippen LogP contribution < -0.4 is 15.4 Å². The van der Waals surface area contributed by atoms with Crippen molar-refractivity contribution in [1.29, 1.82) is 5.41 Å². The largest absolute Gasteiger partial charge is 0.475 e. The molecule has 156 valence electrons. The van der Waals surface area contributed by atoms with Gasteiger partial charge in [0.2, 0.25) is 5.91 Å². The molecule has 1 amide bonds. The Kier molecular flexibility index (Phi) is 6.16. The Bertz CT molecular complexity index is 897. The number of ether oxygens (including phenoxy) is 1. The second-order valence-electron chi connectivity index (χ2n) is 6.98. The van der Waals surface area contributed by atoms with E-state index in [9.17, 15) is 18.0 Å². The molecule has 3 atom stereocenters. The minimum absolute atomic E-state index is 0.0733. The average Bonchev–Trinajstić information content (AvgIpc) is 3.34. The summed E-state index contributed by atoms with van der Waals surface area (Å²) in [6.07, 6.45) is -2.35. The topological polar surface area (TPSA) is 74.2 Å². The van der Waals surface area contributed by atoms with Crippen LogP contribution in [-0.4, -0.2) is 32.0 Å². The summed E-state index contributed by atoms with van der Waals surface area (Å²) >= 11 is 1.10. The number of benzene rings is 1. The highest BCUT2D eigenvalue weighted by Crippen LogP contribution is 2.48. The van der Waals surface area contributed by atoms with Crippen LogP contribution in [0.5, 0.6) is 5.06 Å². The molecule has 1 heterocycles. The van der Waals surface area contributed by atoms with Crippen molar-refractivity contribution < 1.29 is 22.7 Å². The van der Waals surface area contributed by atoms with Crippen molar-refractivity contribution in [2.75, 3.05) is 19.0 Å². The lowest BCUT2D eigenvalue weighted by molar-refractivity contribution is -0.152. The Morgan fingerprint density at radius 2 is 2.14 bits per heavy atom. The number of amides is 1. The maximum absolute atomic E-state index is 12.6. The van der Waals surface area contributed by atoms with Gasteiger partial charge in [0.1, 0.15) is 0 Å². The van der Waals surface area contributed by atoms with Crippen LogP contribution in [0.1, 0.15) is 41.3 Å². The van der Waals surface area contributed by atoms with E-state index in [4.69, 9.17) is 10.1 Å². The first-order valence-corrected chi connectivity index (χ1v) is 9.95. The van der Waals surface area contributed by atoms with Crippen LogP contribution in [-0.2, 0) is 4.79 Å². The van der Waals surface area contributed by atoms with Crippen LogP contribution in [0.25, 0.3) is 0 Å². The van der Waals surface area contributed by atoms with Gasteiger partial charge in [-0.3, -0.25) is 4.79 Å². The Hall–Kier alpha value is -2.55. The molecule has 0 radical (unpaired) electrons. The number of alkyl halides is 3. The molecular weight excluding hydrogens is 403 g/mol. The van der Waals surface area contributed by atoms with Gasteiger partial charge in [0, 0.05) is 35.3 Å². The summed E-state index contributed by atoms with van der Waals surface area (Å²) in [7, 11) is 1.79. The second-order valence-corrected chi connectivity index (χ2v) is 8.06. The molecule has 0 spiro atoms. The molecule has 1 aromatic carbocycles. The molecule has 0 saturated heterocycles. The van der Waals surface area contributed by atoms with Crippen molar-refractivity contribution in [3.63, 3.8) is 0 Å². The minimum atomic E-state index is -4.38. The van der Waals surface area contributed by atoms with Gasteiger partial charge in [-0.1, -0.05) is 12.1 Å². The van der Waals surface area contributed by atoms with E-state index in [1.165, 1.54) is 12.3 Å². The number of rotatable bonds is 8. The zero-order valence-corrected chi connectivity index (χ0v) is 16.8. The second kappa shape index (κ2) is 8.44. The van der Waals surface area contributed by atoms with Gasteiger partial charge in [0.25, 0.3) is 0 Å². The monoisotopic (exact) mass is 425 g/mol. The first-order chi connectivity index (χ1) is 13.7. The average molecular weight is 425 g/mol. The van der Waals surface area contributed by atoms with Crippen LogP contribution >= 0.6 is 11.3 Å². The lowest BCUT2D eigenvalue weighted by Crippen LogP contribution is -2.27. The summed E-state index contributed by atoms with van der Waals surface area (Å²) in [4.78, 5) is 13.3. The lowest BCUT2D eigenvalue weighted by Gasteiger charge is -2.13. The highest BCUT2D eigenvalue weighted by atomic mass is 32.1. The predicted octanol–water partition coefficient (Wildman–Crippen LogP) is 4.71. The zero-order valence-electron chi connectivity index (χ0n) is 16.0. The quantitative estimate of drug-likeness (QED) is 0.537. The zero-order chi connectivity index (χ0) is 21.2. The fourth-order valence-electron chi connectivity index (χ4n) is 3.19. The Morgan fingerprint density at radius 3 is 2.79 bits per heavy atom. The number of thiophene rings is 1. The smallest absolute Gasteiger partial charge is 0.422 e. The molecule has 1 saturated carbocycles. The van der Waals surface area contributed by atoms with Gasteiger partial charge in [-0.2, -0.15) is 13.2 Å². The number of hydrogen-bond donors (Lipinski definition) is 3. The third kappa shape index (κ3) is 5.29. The van der Waals surface area contributed by atoms with E-state index < -0.39 is 12.8 Å². The molecule has 5 nitrogen and oxygen atoms in total. The number of nitrogens with one attached hydrogen (secondary N) is 3. The normalized spacial score (nSPS) is 19.3. The van der Waals surface area contributed by atoms with E-state index in [0.717, 1.165) is 39.4 Å². The summed E-state index contributed by atoms with van der Waals surface area (Å²) in [5.41, 5.74) is 2.68. The van der Waals surface area contributed by atoms with Gasteiger partial charge in [0.15, 0.2) is 11.7 Å². The Labute approximate surface area is 170 Å². The molecule has 0 aliphatic heterocycles. The fraction of sp³-hybridized carbons (Fsp3) is 0.400. The minimum Gasteiger partial charge on any atom is -0.475 e. The Balaban J connectivity index is 1.56. The number of carbonyl (C=O) groups is 1. The van der Waals surface area contributed by atoms with Gasteiger partial charge in [-0.25, -0.2) is 0 Å². The van der Waals surface area contributed by atoms with Crippen molar-refractivity contribution >= 4 is 29.1 Å². The summed E-state index contributed by atoms with van der Waals surface area (Å²) in [6, 6.07) is 8.60. The molecule has 3 rings (SSSR count). The first kappa shape index (κ1) is 21.2. The van der Waals surface area contributed by atoms with Gasteiger partial charge in [-0.15, -0.1) is 11.3 Å². The highest BCUT2D eigenvalue weighted by Gasteiger charge is 2.44. The van der Waals surface area contributed by atoms with Crippen molar-refractivity contribution in [3.8, 4) is 5.06 Å². The molecule has 29 heavy (non-hydrogen) atoms. The third-order valence-corrected chi connectivity index (χ3v) is 6.00. The van der Waals surface area contributed by atoms with Crippen molar-refractivity contribution in [3.05, 3.63) is 46.3 Å². The van der Waals surface area contributed by atoms with Crippen LogP contribution in [0, 0.1) is 11.3 Å². The molecule has 3 N–H and O–H groups in total. The Morgan fingerprint density at radius 1 is 1.38 bits per heavy atom. The van der Waals surface area contributed by atoms with Crippen molar-refractivity contribution in [2.45, 2.75) is 31.5 Å². The molecule has 9 heteroatoms. The number of halogens is 3. The van der Waals surface area contributed by atoms with E-state index >= 15 is 0 Å². The van der Waals surface area contributed by atoms with Crippen LogP contribution in [0.15, 0.2) is 30.3 Å². The molecule has 1 aliphatic rings. The summed E-state index contributed by atoms with van der Waals surface area (Å²) in [6.45, 7) is 0.468. The van der Waals surface area contributed by atoms with E-state index in [1.807, 2.05) is 18.2 Å². The van der Waals surface area contributed by atoms with Crippen molar-refractivity contribution in [1.82, 2.24) is 5.32 Å². The van der Waals surface area contributed by atoms with E-state index in [-0.39, 0.29) is 28.8 Å². The summed E-state index contributed by atoms with van der Waals surface area (Å²) < 4.78 is 41.5. The van der Waals surface area contributed by atoms with Crippen LogP contribution in [0.2, 0.25) is 0 Å². The molecule has 2 aromatic rings. The van der Waals surface area contributed by atoms with E-state index in [2.05, 4.69) is 10.6 Å². The highest BCUT2D eigenvalue weighted by molar-refractivity contribution is 7.13. The molecular formula is C20H22F3N3O2S. The molecule has 1 aliphatic carbocycles. The maximum Gasteiger partial charge on any atom is 0.422 e. The molecule has 1 aromatic heterocycles.